The van der Waals surface area contributed by atoms with Crippen LogP contribution in [0.5, 0.6) is 0 Å². The summed E-state index contributed by atoms with van der Waals surface area (Å²) in [6.45, 7) is 8.76. The first-order valence-corrected chi connectivity index (χ1v) is 12.2. The van der Waals surface area contributed by atoms with E-state index in [-0.39, 0.29) is 11.9 Å². The smallest absolute Gasteiger partial charge is 0.243 e. The Morgan fingerprint density at radius 1 is 0.829 bits per heavy atom. The molecule has 35 heavy (non-hydrogen) atoms. The van der Waals surface area contributed by atoms with Gasteiger partial charge < -0.3 is 10.4 Å². The summed E-state index contributed by atoms with van der Waals surface area (Å²) in [5.74, 6) is -0.283. The molecule has 3 unspecified atom stereocenters. The van der Waals surface area contributed by atoms with Gasteiger partial charge in [-0.3, -0.25) is 9.69 Å². The van der Waals surface area contributed by atoms with Crippen molar-refractivity contribution in [1.82, 2.24) is 10.2 Å². The molecule has 4 heteroatoms. The normalized spacial score (nSPS) is 13.5. The van der Waals surface area contributed by atoms with E-state index in [2.05, 4.69) is 59.8 Å². The van der Waals surface area contributed by atoms with E-state index in [0.717, 1.165) is 5.56 Å². The molecule has 3 rings (SSSR count). The van der Waals surface area contributed by atoms with Crippen LogP contribution in [-0.4, -0.2) is 34.1 Å². The molecule has 0 aliphatic carbocycles. The lowest BCUT2D eigenvalue weighted by Crippen LogP contribution is -2.54. The first-order valence-electron chi connectivity index (χ1n) is 12.2. The molecule has 182 valence electrons. The Kier molecular flexibility index (Phi) is 10.5. The minimum Gasteiger partial charge on any atom is -0.389 e. The van der Waals surface area contributed by atoms with E-state index in [1.165, 1.54) is 17.2 Å². The van der Waals surface area contributed by atoms with Gasteiger partial charge in [0.2, 0.25) is 5.91 Å². The maximum Gasteiger partial charge on any atom is 0.243 e. The van der Waals surface area contributed by atoms with Crippen LogP contribution in [0, 0.1) is 0 Å². The molecule has 0 spiro atoms. The highest BCUT2D eigenvalue weighted by Gasteiger charge is 2.33. The van der Waals surface area contributed by atoms with E-state index < -0.39 is 12.1 Å². The van der Waals surface area contributed by atoms with Gasteiger partial charge in [-0.05, 0) is 42.0 Å². The van der Waals surface area contributed by atoms with Crippen LogP contribution in [0.4, 0.5) is 0 Å². The number of allylic oxidation sites excluding steroid dienone is 1. The number of aliphatic hydroxyl groups excluding tert-OH is 1. The lowest BCUT2D eigenvalue weighted by atomic mass is 9.91. The minimum atomic E-state index is -0.800. The van der Waals surface area contributed by atoms with E-state index in [1.54, 1.807) is 0 Å². The van der Waals surface area contributed by atoms with Crippen molar-refractivity contribution in [3.05, 3.63) is 133 Å². The molecule has 3 atom stereocenters. The van der Waals surface area contributed by atoms with E-state index in [1.807, 2.05) is 60.7 Å². The van der Waals surface area contributed by atoms with Gasteiger partial charge in [-0.15, -0.1) is 6.58 Å². The van der Waals surface area contributed by atoms with E-state index >= 15 is 0 Å². The van der Waals surface area contributed by atoms with Crippen LogP contribution in [0.15, 0.2) is 116 Å². The number of carbonyl (C=O) groups excluding carboxylic acids is 1. The molecule has 0 heterocycles. The largest absolute Gasteiger partial charge is 0.389 e. The van der Waals surface area contributed by atoms with Crippen LogP contribution in [-0.2, 0) is 24.3 Å². The van der Waals surface area contributed by atoms with E-state index in [9.17, 15) is 9.90 Å². The molecule has 0 saturated carbocycles. The Morgan fingerprint density at radius 3 is 1.77 bits per heavy atom. The molecule has 0 aliphatic rings. The molecule has 0 saturated heterocycles. The van der Waals surface area contributed by atoms with Crippen LogP contribution >= 0.6 is 0 Å². The topological polar surface area (TPSA) is 52.6 Å². The van der Waals surface area contributed by atoms with Crippen molar-refractivity contribution in [3.8, 4) is 0 Å². The zero-order chi connectivity index (χ0) is 24.9. The van der Waals surface area contributed by atoms with Gasteiger partial charge in [0.15, 0.2) is 0 Å². The SMILES string of the molecule is C=CCCC(NC(=O)C=C)C(O)C(Cc1ccccc1)N(Cc1ccccc1)Cc1ccccc1. The van der Waals surface area contributed by atoms with E-state index in [4.69, 9.17) is 0 Å². The third-order valence-corrected chi connectivity index (χ3v) is 6.21. The van der Waals surface area contributed by atoms with Crippen molar-refractivity contribution in [1.29, 1.82) is 0 Å². The molecule has 0 bridgehead atoms. The highest BCUT2D eigenvalue weighted by molar-refractivity contribution is 5.87. The van der Waals surface area contributed by atoms with Crippen LogP contribution in [0.3, 0.4) is 0 Å². The van der Waals surface area contributed by atoms with E-state index in [0.29, 0.717) is 32.4 Å². The Balaban J connectivity index is 1.99. The second kappa shape index (κ2) is 14.1. The molecular weight excluding hydrogens is 432 g/mol. The summed E-state index contributed by atoms with van der Waals surface area (Å²) in [5, 5.41) is 14.8. The molecule has 3 aromatic rings. The summed E-state index contributed by atoms with van der Waals surface area (Å²) < 4.78 is 0. The molecule has 4 nitrogen and oxygen atoms in total. The predicted octanol–water partition coefficient (Wildman–Crippen LogP) is 5.30. The summed E-state index contributed by atoms with van der Waals surface area (Å²) in [5.41, 5.74) is 3.48. The number of hydrogen-bond acceptors (Lipinski definition) is 3. The van der Waals surface area contributed by atoms with Gasteiger partial charge in [0, 0.05) is 19.1 Å². The Labute approximate surface area is 209 Å². The summed E-state index contributed by atoms with van der Waals surface area (Å²) in [7, 11) is 0. The van der Waals surface area contributed by atoms with Crippen LogP contribution in [0.25, 0.3) is 0 Å². The second-order valence-corrected chi connectivity index (χ2v) is 8.81. The number of hydrogen-bond donors (Lipinski definition) is 2. The van der Waals surface area contributed by atoms with Gasteiger partial charge in [0.05, 0.1) is 12.1 Å². The lowest BCUT2D eigenvalue weighted by molar-refractivity contribution is -0.118. The maximum absolute atomic E-state index is 12.2. The quantitative estimate of drug-likeness (QED) is 0.249. The van der Waals surface area contributed by atoms with Gasteiger partial charge in [0.1, 0.15) is 0 Å². The summed E-state index contributed by atoms with van der Waals surface area (Å²) in [6.07, 6.45) is 4.21. The van der Waals surface area contributed by atoms with Crippen LogP contribution in [0.2, 0.25) is 0 Å². The molecule has 1 amide bonds. The fourth-order valence-electron chi connectivity index (χ4n) is 4.38. The molecule has 0 fully saturated rings. The first kappa shape index (κ1) is 26.1. The first-order chi connectivity index (χ1) is 17.1. The number of benzene rings is 3. The number of nitrogens with zero attached hydrogens (tertiary/aromatic N) is 1. The lowest BCUT2D eigenvalue weighted by Gasteiger charge is -2.38. The van der Waals surface area contributed by atoms with Crippen molar-refractivity contribution >= 4 is 5.91 Å². The average Bonchev–Trinajstić information content (AvgIpc) is 2.90. The molecule has 2 N–H and O–H groups in total. The number of amides is 1. The van der Waals surface area contributed by atoms with Gasteiger partial charge in [-0.1, -0.05) is 104 Å². The zero-order valence-electron chi connectivity index (χ0n) is 20.3. The third-order valence-electron chi connectivity index (χ3n) is 6.21. The van der Waals surface area contributed by atoms with Crippen molar-refractivity contribution in [2.24, 2.45) is 0 Å². The van der Waals surface area contributed by atoms with Crippen molar-refractivity contribution < 1.29 is 9.90 Å². The zero-order valence-corrected chi connectivity index (χ0v) is 20.3. The number of rotatable bonds is 14. The Hall–Kier alpha value is -3.47. The standard InChI is InChI=1S/C31H36N2O2/c1-3-5-21-28(32-30(34)4-2)31(35)29(22-25-15-9-6-10-16-25)33(23-26-17-11-7-12-18-26)24-27-19-13-8-14-20-27/h3-4,6-20,28-29,31,35H,1-2,5,21-24H2,(H,32,34). The Bertz CT molecular complexity index is 996. The predicted molar refractivity (Wildman–Crippen MR) is 144 cm³/mol. The monoisotopic (exact) mass is 468 g/mol. The molecular formula is C31H36N2O2. The maximum atomic E-state index is 12.2. The average molecular weight is 469 g/mol. The van der Waals surface area contributed by atoms with Gasteiger partial charge >= 0.3 is 0 Å². The van der Waals surface area contributed by atoms with Crippen LogP contribution in [0.1, 0.15) is 29.5 Å². The fraction of sp³-hybridized carbons (Fsp3) is 0.258. The molecule has 0 radical (unpaired) electrons. The van der Waals surface area contributed by atoms with Gasteiger partial charge in [-0.2, -0.15) is 0 Å². The van der Waals surface area contributed by atoms with Crippen molar-refractivity contribution in [2.45, 2.75) is 50.5 Å². The Morgan fingerprint density at radius 2 is 1.31 bits per heavy atom. The number of nitrogens with one attached hydrogen (secondary N) is 1. The molecule has 3 aromatic carbocycles. The summed E-state index contributed by atoms with van der Waals surface area (Å²) >= 11 is 0. The highest BCUT2D eigenvalue weighted by atomic mass is 16.3. The summed E-state index contributed by atoms with van der Waals surface area (Å²) in [4.78, 5) is 14.6. The molecule has 0 aromatic heterocycles. The third kappa shape index (κ3) is 8.36. The van der Waals surface area contributed by atoms with Gasteiger partial charge in [-0.25, -0.2) is 0 Å². The van der Waals surface area contributed by atoms with Gasteiger partial charge in [0.25, 0.3) is 0 Å². The number of aliphatic hydroxyl groups is 1. The minimum absolute atomic E-state index is 0.238. The molecule has 0 aliphatic heterocycles. The number of carbonyl (C=O) groups is 1. The summed E-state index contributed by atoms with van der Waals surface area (Å²) in [6, 6.07) is 30.2. The second-order valence-electron chi connectivity index (χ2n) is 8.81. The fourth-order valence-corrected chi connectivity index (χ4v) is 4.38. The van der Waals surface area contributed by atoms with Crippen LogP contribution < -0.4 is 5.32 Å². The van der Waals surface area contributed by atoms with Crippen molar-refractivity contribution in [2.75, 3.05) is 0 Å². The van der Waals surface area contributed by atoms with Crippen molar-refractivity contribution in [3.63, 3.8) is 0 Å². The highest BCUT2D eigenvalue weighted by Crippen LogP contribution is 2.22.